The lowest BCUT2D eigenvalue weighted by Gasteiger charge is -2.36. The van der Waals surface area contributed by atoms with Crippen molar-refractivity contribution in [3.05, 3.63) is 35.9 Å². The molecule has 0 aliphatic heterocycles. The molecule has 0 unspecified atom stereocenters. The molecule has 1 aromatic rings. The topological polar surface area (TPSA) is 108 Å². The molecule has 0 radical (unpaired) electrons. The maximum atomic E-state index is 13.4. The molecular weight excluding hydrogens is 370 g/mol. The third-order valence-corrected chi connectivity index (χ3v) is 5.90. The molecule has 4 N–H and O–H groups in total. The minimum atomic E-state index is -0.941. The Morgan fingerprint density at radius 3 is 2.21 bits per heavy atom. The summed E-state index contributed by atoms with van der Waals surface area (Å²) in [5, 5.41) is 14.8. The van der Waals surface area contributed by atoms with Crippen molar-refractivity contribution in [3.8, 4) is 0 Å². The molecule has 1 aliphatic carbocycles. The highest BCUT2D eigenvalue weighted by Gasteiger charge is 2.51. The average Bonchev–Trinajstić information content (AvgIpc) is 3.21. The molecule has 1 aromatic carbocycles. The van der Waals surface area contributed by atoms with E-state index in [1.54, 1.807) is 5.48 Å². The van der Waals surface area contributed by atoms with E-state index >= 15 is 0 Å². The third kappa shape index (κ3) is 5.56. The molecule has 0 aromatic heterocycles. The Hall–Kier alpha value is -2.41. The smallest absolute Gasteiger partial charge is 0.250 e. The molecule has 0 heterocycles. The Bertz CT molecular complexity index is 699. The van der Waals surface area contributed by atoms with Crippen LogP contribution in [-0.4, -0.2) is 36.0 Å². The summed E-state index contributed by atoms with van der Waals surface area (Å²) in [6.45, 7) is 4.00. The van der Waals surface area contributed by atoms with Crippen LogP contribution in [0.3, 0.4) is 0 Å². The van der Waals surface area contributed by atoms with Crippen molar-refractivity contribution in [2.45, 2.75) is 58.4 Å². The molecule has 2 rings (SSSR count). The first-order valence-corrected chi connectivity index (χ1v) is 10.3. The largest absolute Gasteiger partial charge is 0.357 e. The van der Waals surface area contributed by atoms with Gasteiger partial charge in [-0.2, -0.15) is 0 Å². The first-order valence-electron chi connectivity index (χ1n) is 10.3. The number of likely N-dealkylation sites (N-methyl/N-ethyl adjacent to an activating group) is 1. The van der Waals surface area contributed by atoms with Crippen molar-refractivity contribution in [2.24, 2.45) is 17.3 Å². The minimum absolute atomic E-state index is 0.183. The summed E-state index contributed by atoms with van der Waals surface area (Å²) >= 11 is 0. The van der Waals surface area contributed by atoms with Gasteiger partial charge >= 0.3 is 0 Å². The third-order valence-electron chi connectivity index (χ3n) is 5.90. The van der Waals surface area contributed by atoms with Gasteiger partial charge in [0.25, 0.3) is 0 Å². The van der Waals surface area contributed by atoms with Gasteiger partial charge in [0.15, 0.2) is 0 Å². The van der Waals surface area contributed by atoms with Crippen molar-refractivity contribution in [1.29, 1.82) is 0 Å². The van der Waals surface area contributed by atoms with Gasteiger partial charge in [0.1, 0.15) is 6.04 Å². The summed E-state index contributed by atoms with van der Waals surface area (Å²) in [7, 11) is 1.54. The van der Waals surface area contributed by atoms with Crippen molar-refractivity contribution in [2.75, 3.05) is 7.05 Å². The number of benzene rings is 1. The van der Waals surface area contributed by atoms with Gasteiger partial charge in [-0.15, -0.1) is 0 Å². The predicted molar refractivity (Wildman–Crippen MR) is 110 cm³/mol. The lowest BCUT2D eigenvalue weighted by molar-refractivity contribution is -0.150. The average molecular weight is 404 g/mol. The van der Waals surface area contributed by atoms with E-state index in [2.05, 4.69) is 10.6 Å². The van der Waals surface area contributed by atoms with E-state index in [4.69, 9.17) is 0 Å². The number of amides is 3. The zero-order valence-corrected chi connectivity index (χ0v) is 17.5. The maximum absolute atomic E-state index is 13.4. The van der Waals surface area contributed by atoms with Crippen LogP contribution in [0.4, 0.5) is 0 Å². The molecule has 1 fully saturated rings. The normalized spacial score (nSPS) is 17.4. The number of nitrogens with one attached hydrogen (secondary N) is 3. The second-order valence-electron chi connectivity index (χ2n) is 8.35. The van der Waals surface area contributed by atoms with Crippen LogP contribution in [0.15, 0.2) is 30.3 Å². The van der Waals surface area contributed by atoms with E-state index in [1.807, 2.05) is 44.2 Å². The minimum Gasteiger partial charge on any atom is -0.357 e. The Morgan fingerprint density at radius 1 is 1.07 bits per heavy atom. The summed E-state index contributed by atoms with van der Waals surface area (Å²) in [5.41, 5.74) is 1.78. The molecule has 7 nitrogen and oxygen atoms in total. The fourth-order valence-electron chi connectivity index (χ4n) is 4.41. The molecular formula is C22H33N3O4. The molecule has 0 spiro atoms. The van der Waals surface area contributed by atoms with Gasteiger partial charge in [0.05, 0.1) is 11.3 Å². The molecule has 7 heteroatoms. The zero-order valence-electron chi connectivity index (χ0n) is 17.5. The van der Waals surface area contributed by atoms with Crippen LogP contribution in [-0.2, 0) is 20.8 Å². The number of hydroxylamine groups is 1. The Morgan fingerprint density at radius 2 is 1.69 bits per heavy atom. The van der Waals surface area contributed by atoms with Crippen LogP contribution < -0.4 is 16.1 Å². The predicted octanol–water partition coefficient (Wildman–Crippen LogP) is 2.19. The van der Waals surface area contributed by atoms with Crippen LogP contribution in [0, 0.1) is 17.3 Å². The van der Waals surface area contributed by atoms with E-state index in [0.717, 1.165) is 18.4 Å². The first-order chi connectivity index (χ1) is 13.8. The van der Waals surface area contributed by atoms with Crippen LogP contribution in [0.2, 0.25) is 0 Å². The first kappa shape index (κ1) is 22.9. The fraction of sp³-hybridized carbons (Fsp3) is 0.591. The number of hydrogen-bond acceptors (Lipinski definition) is 4. The van der Waals surface area contributed by atoms with Gasteiger partial charge in [-0.3, -0.25) is 19.6 Å². The van der Waals surface area contributed by atoms with Crippen molar-refractivity contribution in [3.63, 3.8) is 0 Å². The molecule has 1 saturated carbocycles. The highest BCUT2D eigenvalue weighted by Crippen LogP contribution is 2.47. The van der Waals surface area contributed by atoms with E-state index in [0.29, 0.717) is 25.7 Å². The quantitative estimate of drug-likeness (QED) is 0.374. The zero-order chi connectivity index (χ0) is 21.4. The second kappa shape index (κ2) is 10.4. The van der Waals surface area contributed by atoms with E-state index in [-0.39, 0.29) is 17.7 Å². The fourth-order valence-corrected chi connectivity index (χ4v) is 4.41. The van der Waals surface area contributed by atoms with Crippen molar-refractivity contribution >= 4 is 17.7 Å². The maximum Gasteiger partial charge on any atom is 0.250 e. The number of carbonyl (C=O) groups is 3. The number of carbonyl (C=O) groups excluding carboxylic acids is 3. The summed E-state index contributed by atoms with van der Waals surface area (Å²) in [4.78, 5) is 38.4. The van der Waals surface area contributed by atoms with Crippen LogP contribution in [0.25, 0.3) is 0 Å². The summed E-state index contributed by atoms with van der Waals surface area (Å²) in [6.07, 6.45) is 3.63. The molecule has 3 amide bonds. The highest BCUT2D eigenvalue weighted by molar-refractivity contribution is 5.93. The second-order valence-corrected chi connectivity index (χ2v) is 8.35. The lowest BCUT2D eigenvalue weighted by atomic mass is 9.69. The molecule has 2 atom stereocenters. The lowest BCUT2D eigenvalue weighted by Crippen LogP contribution is -2.54. The van der Waals surface area contributed by atoms with E-state index in [9.17, 15) is 19.6 Å². The Kier molecular flexibility index (Phi) is 8.20. The number of rotatable bonds is 9. The summed E-state index contributed by atoms with van der Waals surface area (Å²) < 4.78 is 0. The Balaban J connectivity index is 2.28. The van der Waals surface area contributed by atoms with E-state index in [1.165, 1.54) is 7.05 Å². The number of hydrogen-bond donors (Lipinski definition) is 4. The van der Waals surface area contributed by atoms with Crippen molar-refractivity contribution in [1.82, 2.24) is 16.1 Å². The van der Waals surface area contributed by atoms with Gasteiger partial charge in [-0.1, -0.05) is 57.0 Å². The SMILES string of the molecule is CNC(=O)[C@H](Cc1ccccc1)NC(=O)[C@H](CC(C)C)C1(C(=O)NO)CCCC1. The van der Waals surface area contributed by atoms with Crippen LogP contribution in [0.1, 0.15) is 51.5 Å². The molecule has 0 saturated heterocycles. The van der Waals surface area contributed by atoms with Gasteiger partial charge in [-0.05, 0) is 30.7 Å². The van der Waals surface area contributed by atoms with Gasteiger partial charge in [0.2, 0.25) is 17.7 Å². The molecule has 160 valence electrons. The molecule has 29 heavy (non-hydrogen) atoms. The van der Waals surface area contributed by atoms with Gasteiger partial charge < -0.3 is 10.6 Å². The summed E-state index contributed by atoms with van der Waals surface area (Å²) in [5.74, 6) is -1.52. The standard InChI is InChI=1S/C22H33N3O4/c1-15(2)13-17(22(21(28)25-29)11-7-8-12-22)19(26)24-18(20(27)23-3)14-16-9-5-4-6-10-16/h4-6,9-10,15,17-18,29H,7-8,11-14H2,1-3H3,(H,23,27)(H,24,26)(H,25,28)/t17-,18-/m0/s1. The monoisotopic (exact) mass is 403 g/mol. The Labute approximate surface area is 172 Å². The van der Waals surface area contributed by atoms with Crippen LogP contribution in [0.5, 0.6) is 0 Å². The molecule has 0 bridgehead atoms. The highest BCUT2D eigenvalue weighted by atomic mass is 16.5. The van der Waals surface area contributed by atoms with E-state index < -0.39 is 23.3 Å². The van der Waals surface area contributed by atoms with Gasteiger partial charge in [-0.25, -0.2) is 5.48 Å². The van der Waals surface area contributed by atoms with Crippen molar-refractivity contribution < 1.29 is 19.6 Å². The van der Waals surface area contributed by atoms with Crippen LogP contribution >= 0.6 is 0 Å². The summed E-state index contributed by atoms with van der Waals surface area (Å²) in [6, 6.07) is 8.75. The molecule has 1 aliphatic rings. The van der Waals surface area contributed by atoms with Gasteiger partial charge in [0, 0.05) is 13.5 Å².